The van der Waals surface area contributed by atoms with E-state index < -0.39 is 0 Å². The van der Waals surface area contributed by atoms with Gasteiger partial charge < -0.3 is 10.2 Å². The molecule has 3 heterocycles. The van der Waals surface area contributed by atoms with Crippen molar-refractivity contribution in [2.45, 2.75) is 50.7 Å². The van der Waals surface area contributed by atoms with E-state index in [1.165, 1.54) is 18.4 Å². The summed E-state index contributed by atoms with van der Waals surface area (Å²) >= 11 is 0. The van der Waals surface area contributed by atoms with Crippen LogP contribution in [0.3, 0.4) is 0 Å². The normalized spacial score (nSPS) is 24.6. The monoisotopic (exact) mass is 361 g/mol. The molecule has 7 heteroatoms. The Balaban J connectivity index is 0.00000182. The van der Waals surface area contributed by atoms with E-state index in [1.54, 1.807) is 10.9 Å². The quantitative estimate of drug-likeness (QED) is 0.911. The lowest BCUT2D eigenvalue weighted by Crippen LogP contribution is -2.48. The minimum Gasteiger partial charge on any atom is -0.337 e. The first-order chi connectivity index (χ1) is 11.6. The Kier molecular flexibility index (Phi) is 5.11. The Morgan fingerprint density at radius 3 is 2.48 bits per heavy atom. The Morgan fingerprint density at radius 1 is 1.20 bits per heavy atom. The summed E-state index contributed by atoms with van der Waals surface area (Å²) in [5.41, 5.74) is 2.51. The number of amides is 1. The van der Waals surface area contributed by atoms with Gasteiger partial charge in [-0.1, -0.05) is 22.9 Å². The molecule has 2 saturated heterocycles. The van der Waals surface area contributed by atoms with E-state index >= 15 is 0 Å². The molecule has 2 aliphatic rings. The number of aromatic nitrogens is 3. The largest absolute Gasteiger partial charge is 0.337 e. The third kappa shape index (κ3) is 3.55. The number of carbonyl (C=O) groups is 1. The summed E-state index contributed by atoms with van der Waals surface area (Å²) in [4.78, 5) is 14.6. The summed E-state index contributed by atoms with van der Waals surface area (Å²) in [5, 5.41) is 11.8. The number of aryl methyl sites for hydroxylation is 1. The van der Waals surface area contributed by atoms with Gasteiger partial charge in [-0.25, -0.2) is 4.68 Å². The molecule has 25 heavy (non-hydrogen) atoms. The van der Waals surface area contributed by atoms with Gasteiger partial charge in [-0.05, 0) is 44.7 Å². The van der Waals surface area contributed by atoms with E-state index in [-0.39, 0.29) is 18.3 Å². The molecule has 0 radical (unpaired) electrons. The van der Waals surface area contributed by atoms with E-state index in [1.807, 2.05) is 43.1 Å². The average Bonchev–Trinajstić information content (AvgIpc) is 3.21. The van der Waals surface area contributed by atoms with Gasteiger partial charge in [0.2, 0.25) is 0 Å². The smallest absolute Gasteiger partial charge is 0.276 e. The first-order valence-corrected chi connectivity index (χ1v) is 8.63. The SMILES string of the molecule is Cc1ccc(-n2cc(C(=O)N(C)C3CC4CCC(C3)N4)nn2)cc1.Cl. The molecule has 2 fully saturated rings. The highest BCUT2D eigenvalue weighted by molar-refractivity contribution is 5.92. The van der Waals surface area contributed by atoms with Crippen molar-refractivity contribution in [1.82, 2.24) is 25.2 Å². The van der Waals surface area contributed by atoms with Crippen LogP contribution in [-0.4, -0.2) is 51.0 Å². The highest BCUT2D eigenvalue weighted by atomic mass is 35.5. The molecule has 134 valence electrons. The van der Waals surface area contributed by atoms with Crippen molar-refractivity contribution in [2.75, 3.05) is 7.05 Å². The Labute approximate surface area is 154 Å². The molecule has 0 spiro atoms. The molecule has 2 aromatic rings. The first kappa shape index (κ1) is 17.9. The van der Waals surface area contributed by atoms with Gasteiger partial charge in [0.25, 0.3) is 5.91 Å². The van der Waals surface area contributed by atoms with Crippen LogP contribution in [0.25, 0.3) is 5.69 Å². The second kappa shape index (κ2) is 7.14. The maximum absolute atomic E-state index is 12.8. The fraction of sp³-hybridized carbons (Fsp3) is 0.500. The van der Waals surface area contributed by atoms with Crippen molar-refractivity contribution in [3.8, 4) is 5.69 Å². The lowest BCUT2D eigenvalue weighted by Gasteiger charge is -2.35. The number of halogens is 1. The standard InChI is InChI=1S/C18H23N5O.ClH/c1-12-3-7-15(8-4-12)23-11-17(20-21-23)18(24)22(2)16-9-13-5-6-14(10-16)19-13;/h3-4,7-8,11,13-14,16,19H,5-6,9-10H2,1-2H3;1H. The summed E-state index contributed by atoms with van der Waals surface area (Å²) in [5.74, 6) is -0.0420. The third-order valence-corrected chi connectivity index (χ3v) is 5.33. The van der Waals surface area contributed by atoms with Crippen LogP contribution in [0.5, 0.6) is 0 Å². The average molecular weight is 362 g/mol. The van der Waals surface area contributed by atoms with E-state index in [2.05, 4.69) is 15.6 Å². The van der Waals surface area contributed by atoms with Gasteiger partial charge in [-0.15, -0.1) is 17.5 Å². The third-order valence-electron chi connectivity index (χ3n) is 5.33. The van der Waals surface area contributed by atoms with Crippen LogP contribution >= 0.6 is 12.4 Å². The second-order valence-electron chi connectivity index (χ2n) is 7.06. The molecule has 1 N–H and O–H groups in total. The van der Waals surface area contributed by atoms with Crippen molar-refractivity contribution in [3.05, 3.63) is 41.7 Å². The van der Waals surface area contributed by atoms with Gasteiger partial charge >= 0.3 is 0 Å². The Morgan fingerprint density at radius 2 is 1.84 bits per heavy atom. The fourth-order valence-electron chi connectivity index (χ4n) is 3.88. The molecule has 0 saturated carbocycles. The number of fused-ring (bicyclic) bond motifs is 2. The number of hydrogen-bond acceptors (Lipinski definition) is 4. The summed E-state index contributed by atoms with van der Waals surface area (Å²) in [7, 11) is 1.89. The lowest BCUT2D eigenvalue weighted by molar-refractivity contribution is 0.0675. The van der Waals surface area contributed by atoms with Crippen LogP contribution in [0.2, 0.25) is 0 Å². The topological polar surface area (TPSA) is 63.1 Å². The number of rotatable bonds is 3. The van der Waals surface area contributed by atoms with Crippen LogP contribution in [-0.2, 0) is 0 Å². The number of carbonyl (C=O) groups excluding carboxylic acids is 1. The molecule has 6 nitrogen and oxygen atoms in total. The van der Waals surface area contributed by atoms with Crippen LogP contribution < -0.4 is 5.32 Å². The minimum absolute atomic E-state index is 0. The number of nitrogens with zero attached hydrogens (tertiary/aromatic N) is 4. The van der Waals surface area contributed by atoms with E-state index in [0.717, 1.165) is 18.5 Å². The molecule has 2 aliphatic heterocycles. The first-order valence-electron chi connectivity index (χ1n) is 8.63. The Bertz CT molecular complexity index is 732. The predicted octanol–water partition coefficient (Wildman–Crippen LogP) is 2.35. The molecule has 0 aliphatic carbocycles. The minimum atomic E-state index is -0.0420. The summed E-state index contributed by atoms with van der Waals surface area (Å²) < 4.78 is 1.66. The van der Waals surface area contributed by atoms with Crippen LogP contribution in [0.4, 0.5) is 0 Å². The van der Waals surface area contributed by atoms with E-state index in [9.17, 15) is 4.79 Å². The van der Waals surface area contributed by atoms with Crippen molar-refractivity contribution in [3.63, 3.8) is 0 Å². The lowest BCUT2D eigenvalue weighted by atomic mass is 9.98. The maximum atomic E-state index is 12.8. The second-order valence-corrected chi connectivity index (χ2v) is 7.06. The van der Waals surface area contributed by atoms with Gasteiger partial charge in [0.1, 0.15) is 0 Å². The van der Waals surface area contributed by atoms with Gasteiger partial charge in [-0.3, -0.25) is 4.79 Å². The highest BCUT2D eigenvalue weighted by Crippen LogP contribution is 2.29. The number of benzene rings is 1. The van der Waals surface area contributed by atoms with E-state index in [4.69, 9.17) is 0 Å². The van der Waals surface area contributed by atoms with Crippen molar-refractivity contribution in [1.29, 1.82) is 0 Å². The Hall–Kier alpha value is -1.92. The highest BCUT2D eigenvalue weighted by Gasteiger charge is 2.36. The van der Waals surface area contributed by atoms with Crippen LogP contribution in [0.1, 0.15) is 41.7 Å². The molecule has 1 amide bonds. The fourth-order valence-corrected chi connectivity index (χ4v) is 3.88. The molecule has 1 aromatic heterocycles. The van der Waals surface area contributed by atoms with Gasteiger partial charge in [-0.2, -0.15) is 0 Å². The zero-order valence-corrected chi connectivity index (χ0v) is 15.4. The molecule has 4 rings (SSSR count). The molecule has 2 bridgehead atoms. The molecule has 2 atom stereocenters. The van der Waals surface area contributed by atoms with Gasteiger partial charge in [0.15, 0.2) is 5.69 Å². The number of piperidine rings is 1. The summed E-state index contributed by atoms with van der Waals surface area (Å²) in [6.07, 6.45) is 6.24. The summed E-state index contributed by atoms with van der Waals surface area (Å²) in [6, 6.07) is 9.42. The molecule has 2 unspecified atom stereocenters. The molecule has 1 aromatic carbocycles. The van der Waals surface area contributed by atoms with Crippen molar-refractivity contribution >= 4 is 18.3 Å². The van der Waals surface area contributed by atoms with Crippen LogP contribution in [0.15, 0.2) is 30.5 Å². The van der Waals surface area contributed by atoms with Crippen molar-refractivity contribution in [2.24, 2.45) is 0 Å². The van der Waals surface area contributed by atoms with Gasteiger partial charge in [0.05, 0.1) is 11.9 Å². The van der Waals surface area contributed by atoms with E-state index in [0.29, 0.717) is 23.8 Å². The van der Waals surface area contributed by atoms with Crippen LogP contribution in [0, 0.1) is 6.92 Å². The number of hydrogen-bond donors (Lipinski definition) is 1. The maximum Gasteiger partial charge on any atom is 0.276 e. The van der Waals surface area contributed by atoms with Gasteiger partial charge in [0, 0.05) is 25.2 Å². The zero-order chi connectivity index (χ0) is 16.7. The van der Waals surface area contributed by atoms with Crippen molar-refractivity contribution < 1.29 is 4.79 Å². The summed E-state index contributed by atoms with van der Waals surface area (Å²) in [6.45, 7) is 2.04. The molecular weight excluding hydrogens is 338 g/mol. The molecular formula is C18H24ClN5O. The number of nitrogens with one attached hydrogen (secondary N) is 1. The zero-order valence-electron chi connectivity index (χ0n) is 14.6. The predicted molar refractivity (Wildman–Crippen MR) is 98.4 cm³/mol.